The van der Waals surface area contributed by atoms with Crippen LogP contribution in [0.15, 0.2) is 0 Å². The van der Waals surface area contributed by atoms with Crippen molar-refractivity contribution in [3.8, 4) is 0 Å². The summed E-state index contributed by atoms with van der Waals surface area (Å²) >= 11 is 0. The summed E-state index contributed by atoms with van der Waals surface area (Å²) in [6, 6.07) is -0.127. The van der Waals surface area contributed by atoms with Crippen molar-refractivity contribution in [2.75, 3.05) is 19.7 Å². The van der Waals surface area contributed by atoms with Crippen LogP contribution in [-0.4, -0.2) is 52.9 Å². The third-order valence-electron chi connectivity index (χ3n) is 3.44. The molecule has 0 aromatic rings. The van der Waals surface area contributed by atoms with Gasteiger partial charge in [0.05, 0.1) is 12.6 Å². The van der Waals surface area contributed by atoms with Gasteiger partial charge in [0.15, 0.2) is 0 Å². The van der Waals surface area contributed by atoms with Crippen LogP contribution in [0.2, 0.25) is 0 Å². The number of unbranched alkanes of at least 4 members (excludes halogenated alkanes) is 3. The van der Waals surface area contributed by atoms with E-state index in [1.165, 1.54) is 0 Å². The zero-order valence-corrected chi connectivity index (χ0v) is 11.3. The second kappa shape index (κ2) is 8.74. The number of nitrogens with zero attached hydrogens (tertiary/aromatic N) is 1. The lowest BCUT2D eigenvalue weighted by Crippen LogP contribution is -2.44. The molecule has 0 spiro atoms. The number of likely N-dealkylation sites (tertiary alicyclic amines) is 1. The van der Waals surface area contributed by atoms with Gasteiger partial charge < -0.3 is 20.4 Å². The molecule has 0 aromatic heterocycles. The Kier molecular flexibility index (Phi) is 7.25. The Labute approximate surface area is 113 Å². The van der Waals surface area contributed by atoms with Gasteiger partial charge in [-0.3, -0.25) is 4.79 Å². The lowest BCUT2D eigenvalue weighted by molar-refractivity contribution is -0.137. The maximum Gasteiger partial charge on any atom is 0.317 e. The molecule has 1 unspecified atom stereocenters. The molecular weight excluding hydrogens is 248 g/mol. The van der Waals surface area contributed by atoms with Crippen LogP contribution in [0.5, 0.6) is 0 Å². The third-order valence-corrected chi connectivity index (χ3v) is 3.44. The van der Waals surface area contributed by atoms with Crippen molar-refractivity contribution in [1.29, 1.82) is 0 Å². The number of carboxylic acid groups (broad SMARTS) is 1. The van der Waals surface area contributed by atoms with E-state index in [0.717, 1.165) is 38.6 Å². The summed E-state index contributed by atoms with van der Waals surface area (Å²) in [5.41, 5.74) is 0. The van der Waals surface area contributed by atoms with E-state index in [-0.39, 0.29) is 25.1 Å². The zero-order chi connectivity index (χ0) is 14.1. The number of carboxylic acids is 1. The maximum absolute atomic E-state index is 11.8. The lowest BCUT2D eigenvalue weighted by atomic mass is 10.1. The Morgan fingerprint density at radius 2 is 1.95 bits per heavy atom. The molecular formula is C13H24N2O4. The molecule has 1 fully saturated rings. The Hall–Kier alpha value is -1.30. The van der Waals surface area contributed by atoms with Gasteiger partial charge in [-0.15, -0.1) is 0 Å². The molecule has 0 saturated carbocycles. The molecule has 0 aliphatic carbocycles. The second-order valence-corrected chi connectivity index (χ2v) is 4.96. The SMILES string of the molecule is O=C(O)CCCCCCNC(=O)N1CCCC1CO. The third kappa shape index (κ3) is 5.92. The first-order valence-corrected chi connectivity index (χ1v) is 7.02. The monoisotopic (exact) mass is 272 g/mol. The number of aliphatic hydroxyl groups excluding tert-OH is 1. The van der Waals surface area contributed by atoms with Gasteiger partial charge in [-0.2, -0.15) is 0 Å². The predicted molar refractivity (Wildman–Crippen MR) is 70.9 cm³/mol. The highest BCUT2D eigenvalue weighted by molar-refractivity contribution is 5.74. The Morgan fingerprint density at radius 3 is 2.63 bits per heavy atom. The normalized spacial score (nSPS) is 18.6. The summed E-state index contributed by atoms with van der Waals surface area (Å²) < 4.78 is 0. The fourth-order valence-electron chi connectivity index (χ4n) is 2.34. The van der Waals surface area contributed by atoms with E-state index in [1.807, 2.05) is 0 Å². The number of urea groups is 1. The first-order valence-electron chi connectivity index (χ1n) is 7.02. The molecule has 110 valence electrons. The highest BCUT2D eigenvalue weighted by Gasteiger charge is 2.27. The van der Waals surface area contributed by atoms with Gasteiger partial charge in [0.2, 0.25) is 0 Å². The predicted octanol–water partition coefficient (Wildman–Crippen LogP) is 1.19. The van der Waals surface area contributed by atoms with Crippen molar-refractivity contribution < 1.29 is 19.8 Å². The Bertz CT molecular complexity index is 296. The fourth-order valence-corrected chi connectivity index (χ4v) is 2.34. The van der Waals surface area contributed by atoms with Crippen LogP contribution in [0.25, 0.3) is 0 Å². The minimum absolute atomic E-state index is 0.0304. The number of aliphatic carboxylic acids is 1. The van der Waals surface area contributed by atoms with Gasteiger partial charge in [-0.05, 0) is 25.7 Å². The van der Waals surface area contributed by atoms with Crippen molar-refractivity contribution >= 4 is 12.0 Å². The van der Waals surface area contributed by atoms with Gasteiger partial charge in [0, 0.05) is 19.5 Å². The minimum atomic E-state index is -0.752. The van der Waals surface area contributed by atoms with Crippen LogP contribution >= 0.6 is 0 Å². The van der Waals surface area contributed by atoms with E-state index in [4.69, 9.17) is 10.2 Å². The molecule has 1 atom stereocenters. The van der Waals surface area contributed by atoms with Crippen LogP contribution in [0.3, 0.4) is 0 Å². The summed E-state index contributed by atoms with van der Waals surface area (Å²) in [4.78, 5) is 23.8. The zero-order valence-electron chi connectivity index (χ0n) is 11.3. The van der Waals surface area contributed by atoms with Crippen molar-refractivity contribution in [1.82, 2.24) is 10.2 Å². The Balaban J connectivity index is 2.03. The summed E-state index contributed by atoms with van der Waals surface area (Å²) in [6.07, 6.45) is 5.42. The smallest absolute Gasteiger partial charge is 0.317 e. The molecule has 0 radical (unpaired) electrons. The molecule has 3 N–H and O–H groups in total. The van der Waals surface area contributed by atoms with E-state index >= 15 is 0 Å². The Morgan fingerprint density at radius 1 is 1.21 bits per heavy atom. The van der Waals surface area contributed by atoms with Gasteiger partial charge in [-0.25, -0.2) is 4.79 Å². The highest BCUT2D eigenvalue weighted by atomic mass is 16.4. The van der Waals surface area contributed by atoms with Crippen molar-refractivity contribution in [2.24, 2.45) is 0 Å². The molecule has 6 heteroatoms. The molecule has 0 bridgehead atoms. The molecule has 1 heterocycles. The molecule has 2 amide bonds. The average molecular weight is 272 g/mol. The molecule has 19 heavy (non-hydrogen) atoms. The van der Waals surface area contributed by atoms with E-state index in [9.17, 15) is 9.59 Å². The van der Waals surface area contributed by atoms with Gasteiger partial charge in [0.25, 0.3) is 0 Å². The summed E-state index contributed by atoms with van der Waals surface area (Å²) in [7, 11) is 0. The van der Waals surface area contributed by atoms with Crippen molar-refractivity contribution in [3.05, 3.63) is 0 Å². The highest BCUT2D eigenvalue weighted by Crippen LogP contribution is 2.16. The number of aliphatic hydroxyl groups is 1. The molecule has 1 aliphatic rings. The molecule has 0 aromatic carbocycles. The van der Waals surface area contributed by atoms with Crippen LogP contribution in [0.1, 0.15) is 44.9 Å². The quantitative estimate of drug-likeness (QED) is 0.579. The molecule has 6 nitrogen and oxygen atoms in total. The van der Waals surface area contributed by atoms with E-state index < -0.39 is 5.97 Å². The van der Waals surface area contributed by atoms with Gasteiger partial charge >= 0.3 is 12.0 Å². The van der Waals surface area contributed by atoms with Crippen molar-refractivity contribution in [2.45, 2.75) is 51.0 Å². The lowest BCUT2D eigenvalue weighted by Gasteiger charge is -2.23. The van der Waals surface area contributed by atoms with Crippen LogP contribution in [-0.2, 0) is 4.79 Å². The first-order chi connectivity index (χ1) is 9.15. The summed E-state index contributed by atoms with van der Waals surface area (Å²) in [6.45, 7) is 1.36. The van der Waals surface area contributed by atoms with E-state index in [2.05, 4.69) is 5.32 Å². The van der Waals surface area contributed by atoms with E-state index in [0.29, 0.717) is 13.0 Å². The van der Waals surface area contributed by atoms with Gasteiger partial charge in [0.1, 0.15) is 0 Å². The molecule has 1 saturated heterocycles. The first kappa shape index (κ1) is 15.8. The average Bonchev–Trinajstić information content (AvgIpc) is 2.85. The number of hydrogen-bond donors (Lipinski definition) is 3. The standard InChI is InChI=1S/C13H24N2O4/c16-10-11-6-5-9-15(11)13(19)14-8-4-2-1-3-7-12(17)18/h11,16H,1-10H2,(H,14,19)(H,17,18). The minimum Gasteiger partial charge on any atom is -0.481 e. The topological polar surface area (TPSA) is 89.9 Å². The maximum atomic E-state index is 11.8. The fraction of sp³-hybridized carbons (Fsp3) is 0.846. The number of amides is 2. The van der Waals surface area contributed by atoms with Gasteiger partial charge in [-0.1, -0.05) is 12.8 Å². The summed E-state index contributed by atoms with van der Waals surface area (Å²) in [5, 5.41) is 20.5. The number of carbonyl (C=O) groups is 2. The van der Waals surface area contributed by atoms with E-state index in [1.54, 1.807) is 4.90 Å². The second-order valence-electron chi connectivity index (χ2n) is 4.96. The number of rotatable bonds is 8. The number of hydrogen-bond acceptors (Lipinski definition) is 3. The van der Waals surface area contributed by atoms with Crippen LogP contribution in [0, 0.1) is 0 Å². The molecule has 1 aliphatic heterocycles. The van der Waals surface area contributed by atoms with Crippen molar-refractivity contribution in [3.63, 3.8) is 0 Å². The number of carbonyl (C=O) groups excluding carboxylic acids is 1. The largest absolute Gasteiger partial charge is 0.481 e. The molecule has 1 rings (SSSR count). The number of nitrogens with one attached hydrogen (secondary N) is 1. The summed E-state index contributed by atoms with van der Waals surface area (Å²) in [5.74, 6) is -0.752. The van der Waals surface area contributed by atoms with Crippen LogP contribution < -0.4 is 5.32 Å². The van der Waals surface area contributed by atoms with Crippen LogP contribution in [0.4, 0.5) is 4.79 Å².